The highest BCUT2D eigenvalue weighted by Crippen LogP contribution is 2.59. The number of aliphatic hydroxyl groups is 1. The zero-order chi connectivity index (χ0) is 16.4. The van der Waals surface area contributed by atoms with Gasteiger partial charge in [-0.25, -0.2) is 0 Å². The largest absolute Gasteiger partial charge is 0.469 e. The van der Waals surface area contributed by atoms with Crippen molar-refractivity contribution in [1.82, 2.24) is 0 Å². The third-order valence-electron chi connectivity index (χ3n) is 5.94. The second-order valence-corrected chi connectivity index (χ2v) is 7.41. The number of methoxy groups -OCH3 is 1. The Morgan fingerprint density at radius 3 is 2.91 bits per heavy atom. The van der Waals surface area contributed by atoms with Crippen molar-refractivity contribution in [2.45, 2.75) is 70.2 Å². The number of esters is 1. The topological polar surface area (TPSA) is 59.1 Å². The minimum atomic E-state index is -0.117. The lowest BCUT2D eigenvalue weighted by Gasteiger charge is -2.20. The zero-order valence-electron chi connectivity index (χ0n) is 14.3. The Morgan fingerprint density at radius 1 is 1.35 bits per heavy atom. The number of hydrogen-bond donors (Lipinski definition) is 1. The molecule has 0 aromatic carbocycles. The molecule has 0 aromatic rings. The number of fused-ring (bicyclic) bond motifs is 1. The number of ether oxygens (including phenoxy) is 2. The van der Waals surface area contributed by atoms with Gasteiger partial charge in [-0.05, 0) is 56.3 Å². The number of carbonyl (C=O) groups is 1. The molecule has 4 heteroatoms. The number of rotatable bonds is 9. The highest BCUT2D eigenvalue weighted by molar-refractivity contribution is 5.68. The van der Waals surface area contributed by atoms with Crippen LogP contribution < -0.4 is 0 Å². The summed E-state index contributed by atoms with van der Waals surface area (Å²) in [5.74, 6) is 2.36. The molecule has 2 saturated carbocycles. The van der Waals surface area contributed by atoms with Crippen LogP contribution in [0.2, 0.25) is 0 Å². The quantitative estimate of drug-likeness (QED) is 0.307. The number of hydrogen-bond acceptors (Lipinski definition) is 4. The summed E-state index contributed by atoms with van der Waals surface area (Å²) in [7, 11) is 1.44. The minimum Gasteiger partial charge on any atom is -0.469 e. The normalized spacial score (nSPS) is 39.3. The van der Waals surface area contributed by atoms with E-state index in [1.165, 1.54) is 20.0 Å². The van der Waals surface area contributed by atoms with Gasteiger partial charge in [0, 0.05) is 12.3 Å². The molecule has 7 atom stereocenters. The van der Waals surface area contributed by atoms with Crippen LogP contribution in [0.4, 0.5) is 0 Å². The molecular formula is C19H30O4. The lowest BCUT2D eigenvalue weighted by Crippen LogP contribution is -2.19. The van der Waals surface area contributed by atoms with E-state index < -0.39 is 0 Å². The van der Waals surface area contributed by atoms with E-state index in [1.807, 2.05) is 0 Å². The van der Waals surface area contributed by atoms with Crippen LogP contribution in [0.1, 0.15) is 51.9 Å². The Kier molecular flexibility index (Phi) is 5.42. The Labute approximate surface area is 139 Å². The van der Waals surface area contributed by atoms with Gasteiger partial charge in [-0.1, -0.05) is 19.1 Å². The molecular weight excluding hydrogens is 292 g/mol. The standard InChI is InChI=1S/C19H30O4/c1-3-16(20)15-10-13(15)14-11-17-19(23-17)12(14)8-6-4-5-7-9-18(21)22-2/h6,8,12-17,19-20H,3-5,7,9-11H2,1-2H3/b8-6-/t12-,13-,14+,15+,16+,17-,19+/m0/s1. The second kappa shape index (κ2) is 7.35. The average Bonchev–Trinajstić information content (AvgIpc) is 3.47. The summed E-state index contributed by atoms with van der Waals surface area (Å²) < 4.78 is 10.4. The molecule has 1 saturated heterocycles. The molecule has 0 spiro atoms. The van der Waals surface area contributed by atoms with Crippen LogP contribution in [-0.2, 0) is 14.3 Å². The minimum absolute atomic E-state index is 0.110. The molecule has 3 aliphatic rings. The van der Waals surface area contributed by atoms with Crippen molar-refractivity contribution >= 4 is 5.97 Å². The van der Waals surface area contributed by atoms with E-state index in [0.717, 1.165) is 25.7 Å². The van der Waals surface area contributed by atoms with E-state index in [4.69, 9.17) is 4.74 Å². The molecule has 0 unspecified atom stereocenters. The maximum absolute atomic E-state index is 11.1. The SMILES string of the molecule is CC[C@@H](O)[C@@H]1C[C@H]1[C@@H]1C[C@@H]2O[C@@H]2[C@H]1/C=C\CCCCC(=O)OC. The highest BCUT2D eigenvalue weighted by atomic mass is 16.6. The van der Waals surface area contributed by atoms with E-state index >= 15 is 0 Å². The smallest absolute Gasteiger partial charge is 0.305 e. The number of epoxide rings is 1. The maximum Gasteiger partial charge on any atom is 0.305 e. The van der Waals surface area contributed by atoms with E-state index in [1.54, 1.807) is 0 Å². The fraction of sp³-hybridized carbons (Fsp3) is 0.842. The monoisotopic (exact) mass is 322 g/mol. The van der Waals surface area contributed by atoms with Crippen molar-refractivity contribution in [2.75, 3.05) is 7.11 Å². The first kappa shape index (κ1) is 17.0. The van der Waals surface area contributed by atoms with Crippen LogP contribution in [0.3, 0.4) is 0 Å². The van der Waals surface area contributed by atoms with E-state index in [0.29, 0.717) is 42.3 Å². The average molecular weight is 322 g/mol. The van der Waals surface area contributed by atoms with Crippen LogP contribution in [0.5, 0.6) is 0 Å². The van der Waals surface area contributed by atoms with Crippen molar-refractivity contribution in [3.63, 3.8) is 0 Å². The van der Waals surface area contributed by atoms with Gasteiger partial charge in [0.2, 0.25) is 0 Å². The van der Waals surface area contributed by atoms with Crippen LogP contribution in [0.15, 0.2) is 12.2 Å². The fourth-order valence-electron chi connectivity index (χ4n) is 4.43. The van der Waals surface area contributed by atoms with Gasteiger partial charge in [-0.2, -0.15) is 0 Å². The first-order valence-electron chi connectivity index (χ1n) is 9.22. The number of carbonyl (C=O) groups excluding carboxylic acids is 1. The lowest BCUT2D eigenvalue weighted by molar-refractivity contribution is -0.140. The summed E-state index contributed by atoms with van der Waals surface area (Å²) in [4.78, 5) is 11.1. The number of unbranched alkanes of at least 4 members (excludes halogenated alkanes) is 2. The van der Waals surface area contributed by atoms with Crippen LogP contribution in [0.25, 0.3) is 0 Å². The van der Waals surface area contributed by atoms with Crippen molar-refractivity contribution in [2.24, 2.45) is 23.7 Å². The Balaban J connectivity index is 1.41. The summed E-state index contributed by atoms with van der Waals surface area (Å²) >= 11 is 0. The molecule has 130 valence electrons. The van der Waals surface area contributed by atoms with Gasteiger partial charge >= 0.3 is 5.97 Å². The van der Waals surface area contributed by atoms with Crippen LogP contribution in [0, 0.1) is 23.7 Å². The van der Waals surface area contributed by atoms with Crippen molar-refractivity contribution < 1.29 is 19.4 Å². The second-order valence-electron chi connectivity index (χ2n) is 7.41. The van der Waals surface area contributed by atoms with Gasteiger partial charge in [-0.3, -0.25) is 4.79 Å². The third-order valence-corrected chi connectivity index (χ3v) is 5.94. The Morgan fingerprint density at radius 2 is 2.17 bits per heavy atom. The molecule has 3 fully saturated rings. The molecule has 2 aliphatic carbocycles. The predicted octanol–water partition coefficient (Wildman–Crippen LogP) is 3.09. The van der Waals surface area contributed by atoms with Crippen molar-refractivity contribution in [1.29, 1.82) is 0 Å². The summed E-state index contributed by atoms with van der Waals surface area (Å²) in [5, 5.41) is 10.0. The van der Waals surface area contributed by atoms with Crippen LogP contribution >= 0.6 is 0 Å². The Hall–Kier alpha value is -0.870. The molecule has 1 N–H and O–H groups in total. The van der Waals surface area contributed by atoms with Gasteiger partial charge in [0.15, 0.2) is 0 Å². The summed E-state index contributed by atoms with van der Waals surface area (Å²) in [6, 6.07) is 0. The Bertz CT molecular complexity index is 447. The molecule has 0 radical (unpaired) electrons. The van der Waals surface area contributed by atoms with Gasteiger partial charge in [0.1, 0.15) is 0 Å². The van der Waals surface area contributed by atoms with E-state index in [2.05, 4.69) is 23.8 Å². The van der Waals surface area contributed by atoms with Gasteiger partial charge in [0.05, 0.1) is 25.4 Å². The van der Waals surface area contributed by atoms with E-state index in [9.17, 15) is 9.90 Å². The predicted molar refractivity (Wildman–Crippen MR) is 87.8 cm³/mol. The zero-order valence-corrected chi connectivity index (χ0v) is 14.3. The van der Waals surface area contributed by atoms with Gasteiger partial charge in [0.25, 0.3) is 0 Å². The van der Waals surface area contributed by atoms with Crippen molar-refractivity contribution in [3.8, 4) is 0 Å². The first-order valence-corrected chi connectivity index (χ1v) is 9.22. The van der Waals surface area contributed by atoms with Gasteiger partial charge < -0.3 is 14.6 Å². The van der Waals surface area contributed by atoms with Crippen molar-refractivity contribution in [3.05, 3.63) is 12.2 Å². The highest BCUT2D eigenvalue weighted by Gasteiger charge is 2.60. The molecule has 1 aliphatic heterocycles. The maximum atomic E-state index is 11.1. The fourth-order valence-corrected chi connectivity index (χ4v) is 4.43. The summed E-state index contributed by atoms with van der Waals surface area (Å²) in [6.07, 6.45) is 12.1. The van der Waals surface area contributed by atoms with Crippen LogP contribution in [-0.4, -0.2) is 36.5 Å². The molecule has 0 bridgehead atoms. The summed E-state index contributed by atoms with van der Waals surface area (Å²) in [6.45, 7) is 2.07. The molecule has 0 aromatic heterocycles. The van der Waals surface area contributed by atoms with E-state index in [-0.39, 0.29) is 12.1 Å². The van der Waals surface area contributed by atoms with Gasteiger partial charge in [-0.15, -0.1) is 0 Å². The molecule has 23 heavy (non-hydrogen) atoms. The molecule has 3 rings (SSSR count). The number of aliphatic hydroxyl groups excluding tert-OH is 1. The molecule has 4 nitrogen and oxygen atoms in total. The number of allylic oxidation sites excluding steroid dienone is 1. The first-order chi connectivity index (χ1) is 11.2. The molecule has 0 amide bonds. The lowest BCUT2D eigenvalue weighted by atomic mass is 9.88. The molecule has 1 heterocycles. The third kappa shape index (κ3) is 3.97. The summed E-state index contributed by atoms with van der Waals surface area (Å²) in [5.41, 5.74) is 0.